The van der Waals surface area contributed by atoms with Crippen LogP contribution in [0.15, 0.2) is 18.2 Å². The minimum atomic E-state index is -0.339. The summed E-state index contributed by atoms with van der Waals surface area (Å²) in [6, 6.07) is 7.16. The monoisotopic (exact) mass is 299 g/mol. The predicted octanol–water partition coefficient (Wildman–Crippen LogP) is 3.13. The van der Waals surface area contributed by atoms with Crippen LogP contribution in [0.5, 0.6) is 5.75 Å². The number of anilines is 1. The first-order valence-corrected chi connectivity index (χ1v) is 8.84. The molecule has 5 aliphatic rings. The highest BCUT2D eigenvalue weighted by atomic mass is 16.5. The zero-order valence-electron chi connectivity index (χ0n) is 13.3. The van der Waals surface area contributed by atoms with Gasteiger partial charge in [0.25, 0.3) is 0 Å². The summed E-state index contributed by atoms with van der Waals surface area (Å²) in [5.41, 5.74) is 2.25. The van der Waals surface area contributed by atoms with E-state index >= 15 is 0 Å². The van der Waals surface area contributed by atoms with E-state index in [0.717, 1.165) is 44.1 Å². The van der Waals surface area contributed by atoms with Gasteiger partial charge in [0.2, 0.25) is 0 Å². The molecule has 2 atom stereocenters. The molecule has 1 heterocycles. The summed E-state index contributed by atoms with van der Waals surface area (Å²) in [4.78, 5) is 2.63. The fourth-order valence-corrected chi connectivity index (χ4v) is 6.12. The molecule has 3 nitrogen and oxygen atoms in total. The van der Waals surface area contributed by atoms with Gasteiger partial charge in [0.15, 0.2) is 0 Å². The van der Waals surface area contributed by atoms with Gasteiger partial charge < -0.3 is 14.7 Å². The quantitative estimate of drug-likeness (QED) is 0.865. The zero-order valence-corrected chi connectivity index (χ0v) is 13.3. The molecule has 22 heavy (non-hydrogen) atoms. The third-order valence-corrected chi connectivity index (χ3v) is 6.56. The normalized spacial score (nSPS) is 42.2. The topological polar surface area (TPSA) is 32.7 Å². The maximum atomic E-state index is 10.8. The van der Waals surface area contributed by atoms with Gasteiger partial charge in [-0.3, -0.25) is 0 Å². The first kappa shape index (κ1) is 13.2. The number of aliphatic hydroxyl groups is 1. The molecule has 1 aromatic rings. The Hall–Kier alpha value is -1.22. The molecule has 0 saturated heterocycles. The molecule has 2 unspecified atom stereocenters. The number of hydrogen-bond acceptors (Lipinski definition) is 3. The van der Waals surface area contributed by atoms with Crippen molar-refractivity contribution in [2.45, 2.75) is 50.7 Å². The van der Waals surface area contributed by atoms with E-state index in [2.05, 4.69) is 30.0 Å². The van der Waals surface area contributed by atoms with Crippen molar-refractivity contribution in [3.8, 4) is 5.75 Å². The highest BCUT2D eigenvalue weighted by molar-refractivity contribution is 5.62. The van der Waals surface area contributed by atoms with Crippen LogP contribution in [-0.4, -0.2) is 29.9 Å². The average Bonchev–Trinajstić information content (AvgIpc) is 2.45. The summed E-state index contributed by atoms with van der Waals surface area (Å²) in [6.45, 7) is 3.95. The fourth-order valence-electron chi connectivity index (χ4n) is 6.12. The molecule has 118 valence electrons. The number of nitrogens with zero attached hydrogens (tertiary/aromatic N) is 1. The van der Waals surface area contributed by atoms with E-state index in [1.807, 2.05) is 0 Å². The van der Waals surface area contributed by atoms with Gasteiger partial charge in [-0.05, 0) is 74.5 Å². The first-order valence-electron chi connectivity index (χ1n) is 8.84. The molecular formula is C19H25NO2. The third-order valence-electron chi connectivity index (χ3n) is 6.56. The molecule has 3 heteroatoms. The molecule has 6 rings (SSSR count). The van der Waals surface area contributed by atoms with Crippen LogP contribution in [-0.2, 0) is 0 Å². The predicted molar refractivity (Wildman–Crippen MR) is 86.3 cm³/mol. The Morgan fingerprint density at radius 1 is 1.18 bits per heavy atom. The molecular weight excluding hydrogens is 274 g/mol. The lowest BCUT2D eigenvalue weighted by Gasteiger charge is -2.61. The smallest absolute Gasteiger partial charge is 0.142 e. The van der Waals surface area contributed by atoms with Crippen molar-refractivity contribution in [2.75, 3.05) is 18.1 Å². The second-order valence-corrected chi connectivity index (χ2v) is 8.20. The Bertz CT molecular complexity index is 597. The molecule has 0 aromatic heterocycles. The largest absolute Gasteiger partial charge is 0.490 e. The lowest BCUT2D eigenvalue weighted by atomic mass is 9.52. The fraction of sp³-hybridized carbons (Fsp3) is 0.684. The van der Waals surface area contributed by atoms with Gasteiger partial charge in [-0.2, -0.15) is 0 Å². The van der Waals surface area contributed by atoms with E-state index < -0.39 is 0 Å². The molecule has 4 saturated carbocycles. The molecule has 0 spiro atoms. The maximum absolute atomic E-state index is 10.8. The van der Waals surface area contributed by atoms with Gasteiger partial charge in [-0.25, -0.2) is 0 Å². The number of ether oxygens (including phenoxy) is 1. The molecule has 4 bridgehead atoms. The van der Waals surface area contributed by atoms with Crippen molar-refractivity contribution < 1.29 is 9.84 Å². The van der Waals surface area contributed by atoms with Gasteiger partial charge >= 0.3 is 0 Å². The highest BCUT2D eigenvalue weighted by Crippen LogP contribution is 2.57. The van der Waals surface area contributed by atoms with Gasteiger partial charge in [-0.15, -0.1) is 0 Å². The van der Waals surface area contributed by atoms with E-state index in [1.165, 1.54) is 24.1 Å². The van der Waals surface area contributed by atoms with Crippen LogP contribution in [0.1, 0.15) is 37.7 Å². The average molecular weight is 299 g/mol. The standard InChI is InChI=1S/C19H25NO2/c1-12-2-3-17-16(6-12)20(4-5-22-17)18-14-7-13-8-15(18)11-19(21,9-13)10-14/h2-3,6,13-15,18,21H,4-5,7-11H2,1H3. The summed E-state index contributed by atoms with van der Waals surface area (Å²) in [5, 5.41) is 10.8. The Labute approximate surface area is 132 Å². The van der Waals surface area contributed by atoms with E-state index in [4.69, 9.17) is 4.74 Å². The molecule has 0 amide bonds. The highest BCUT2D eigenvalue weighted by Gasteiger charge is 2.56. The lowest BCUT2D eigenvalue weighted by Crippen LogP contribution is -2.62. The van der Waals surface area contributed by atoms with Crippen molar-refractivity contribution in [1.82, 2.24) is 0 Å². The number of fused-ring (bicyclic) bond motifs is 1. The van der Waals surface area contributed by atoms with Crippen LogP contribution in [0.4, 0.5) is 5.69 Å². The SMILES string of the molecule is Cc1ccc2c(c1)N(C1C3CC4CC1CC(O)(C4)C3)CCO2. The molecule has 4 fully saturated rings. The van der Waals surface area contributed by atoms with E-state index in [0.29, 0.717) is 17.9 Å². The van der Waals surface area contributed by atoms with Crippen molar-refractivity contribution in [2.24, 2.45) is 17.8 Å². The molecule has 1 aliphatic heterocycles. The minimum Gasteiger partial charge on any atom is -0.490 e. The van der Waals surface area contributed by atoms with Crippen LogP contribution in [0.3, 0.4) is 0 Å². The van der Waals surface area contributed by atoms with Gasteiger partial charge in [0.05, 0.1) is 17.8 Å². The van der Waals surface area contributed by atoms with Crippen molar-refractivity contribution >= 4 is 5.69 Å². The van der Waals surface area contributed by atoms with E-state index in [1.54, 1.807) is 0 Å². The summed E-state index contributed by atoms with van der Waals surface area (Å²) in [6.07, 6.45) is 5.74. The summed E-state index contributed by atoms with van der Waals surface area (Å²) >= 11 is 0. The van der Waals surface area contributed by atoms with Gasteiger partial charge in [0, 0.05) is 6.04 Å². The van der Waals surface area contributed by atoms with Crippen LogP contribution in [0.2, 0.25) is 0 Å². The van der Waals surface area contributed by atoms with Crippen LogP contribution in [0, 0.1) is 24.7 Å². The lowest BCUT2D eigenvalue weighted by molar-refractivity contribution is -0.134. The first-order chi connectivity index (χ1) is 10.6. The minimum absolute atomic E-state index is 0.339. The number of aryl methyl sites for hydroxylation is 1. The number of hydrogen-bond donors (Lipinski definition) is 1. The molecule has 1 N–H and O–H groups in total. The second kappa shape index (κ2) is 4.41. The zero-order chi connectivity index (χ0) is 14.9. The molecule has 4 aliphatic carbocycles. The Morgan fingerprint density at radius 3 is 2.68 bits per heavy atom. The summed E-state index contributed by atoms with van der Waals surface area (Å²) in [5.74, 6) is 3.16. The Morgan fingerprint density at radius 2 is 1.95 bits per heavy atom. The number of rotatable bonds is 1. The van der Waals surface area contributed by atoms with Gasteiger partial charge in [0.1, 0.15) is 12.4 Å². The van der Waals surface area contributed by atoms with Crippen LogP contribution in [0.25, 0.3) is 0 Å². The van der Waals surface area contributed by atoms with Crippen LogP contribution < -0.4 is 9.64 Å². The maximum Gasteiger partial charge on any atom is 0.142 e. The van der Waals surface area contributed by atoms with Crippen LogP contribution >= 0.6 is 0 Å². The van der Waals surface area contributed by atoms with Crippen molar-refractivity contribution in [3.05, 3.63) is 23.8 Å². The molecule has 1 aromatic carbocycles. The Kier molecular flexibility index (Phi) is 2.65. The second-order valence-electron chi connectivity index (χ2n) is 8.20. The molecule has 0 radical (unpaired) electrons. The Balaban J connectivity index is 1.53. The van der Waals surface area contributed by atoms with Gasteiger partial charge in [-0.1, -0.05) is 6.07 Å². The van der Waals surface area contributed by atoms with E-state index in [-0.39, 0.29) is 5.60 Å². The number of benzene rings is 1. The summed E-state index contributed by atoms with van der Waals surface area (Å²) in [7, 11) is 0. The van der Waals surface area contributed by atoms with Crippen molar-refractivity contribution in [1.29, 1.82) is 0 Å². The summed E-state index contributed by atoms with van der Waals surface area (Å²) < 4.78 is 5.88. The third kappa shape index (κ3) is 1.84. The van der Waals surface area contributed by atoms with E-state index in [9.17, 15) is 5.11 Å². The van der Waals surface area contributed by atoms with Crippen molar-refractivity contribution in [3.63, 3.8) is 0 Å².